The Kier molecular flexibility index (Phi) is 5.97. The molecule has 0 aliphatic carbocycles. The molecule has 1 aromatic heterocycles. The second kappa shape index (κ2) is 7.74. The summed E-state index contributed by atoms with van der Waals surface area (Å²) < 4.78 is 0. The third-order valence-corrected chi connectivity index (χ3v) is 4.99. The van der Waals surface area contributed by atoms with Crippen molar-refractivity contribution in [3.8, 4) is 0 Å². The molecule has 2 nitrogen and oxygen atoms in total. The van der Waals surface area contributed by atoms with Gasteiger partial charge in [-0.05, 0) is 42.5 Å². The number of thiophene rings is 1. The second-order valence-electron chi connectivity index (χ2n) is 5.62. The SMILES string of the molecule is CCc1ccc(CN(C)C(c2cccs2)C(N)CC)cc1. The van der Waals surface area contributed by atoms with E-state index in [9.17, 15) is 0 Å². The van der Waals surface area contributed by atoms with Gasteiger partial charge in [0.05, 0.1) is 6.04 Å². The Labute approximate surface area is 132 Å². The van der Waals surface area contributed by atoms with E-state index in [4.69, 9.17) is 5.73 Å². The summed E-state index contributed by atoms with van der Waals surface area (Å²) in [5.41, 5.74) is 9.11. The number of nitrogens with zero attached hydrogens (tertiary/aromatic N) is 1. The smallest absolute Gasteiger partial charge is 0.0593 e. The third-order valence-electron chi connectivity index (χ3n) is 4.05. The largest absolute Gasteiger partial charge is 0.326 e. The zero-order chi connectivity index (χ0) is 15.2. The molecule has 2 aromatic rings. The van der Waals surface area contributed by atoms with Crippen LogP contribution in [0.25, 0.3) is 0 Å². The fourth-order valence-corrected chi connectivity index (χ4v) is 3.67. The minimum Gasteiger partial charge on any atom is -0.326 e. The fraction of sp³-hybridized carbons (Fsp3) is 0.444. The molecule has 2 rings (SSSR count). The van der Waals surface area contributed by atoms with Gasteiger partial charge < -0.3 is 5.73 Å². The van der Waals surface area contributed by atoms with Gasteiger partial charge in [0.15, 0.2) is 0 Å². The summed E-state index contributed by atoms with van der Waals surface area (Å²) in [6.45, 7) is 5.28. The number of rotatable bonds is 7. The van der Waals surface area contributed by atoms with Crippen molar-refractivity contribution < 1.29 is 0 Å². The quantitative estimate of drug-likeness (QED) is 0.829. The van der Waals surface area contributed by atoms with Gasteiger partial charge in [-0.3, -0.25) is 4.90 Å². The normalized spacial score (nSPS) is 14.3. The van der Waals surface area contributed by atoms with Crippen LogP contribution in [0.3, 0.4) is 0 Å². The van der Waals surface area contributed by atoms with Crippen LogP contribution in [-0.2, 0) is 13.0 Å². The van der Waals surface area contributed by atoms with Crippen molar-refractivity contribution in [3.63, 3.8) is 0 Å². The Balaban J connectivity index is 2.12. The van der Waals surface area contributed by atoms with Crippen molar-refractivity contribution in [1.82, 2.24) is 4.90 Å². The molecule has 1 aromatic carbocycles. The molecule has 0 fully saturated rings. The van der Waals surface area contributed by atoms with E-state index in [-0.39, 0.29) is 6.04 Å². The fourth-order valence-electron chi connectivity index (χ4n) is 2.70. The lowest BCUT2D eigenvalue weighted by atomic mass is 10.0. The third kappa shape index (κ3) is 4.16. The van der Waals surface area contributed by atoms with Crippen molar-refractivity contribution in [1.29, 1.82) is 0 Å². The molecule has 0 saturated heterocycles. The molecular formula is C18H26N2S. The first-order chi connectivity index (χ1) is 10.2. The lowest BCUT2D eigenvalue weighted by Gasteiger charge is -2.31. The molecule has 114 valence electrons. The van der Waals surface area contributed by atoms with Gasteiger partial charge in [-0.25, -0.2) is 0 Å². The summed E-state index contributed by atoms with van der Waals surface area (Å²) in [5, 5.41) is 2.13. The topological polar surface area (TPSA) is 29.3 Å². The summed E-state index contributed by atoms with van der Waals surface area (Å²) in [7, 11) is 2.17. The number of hydrogen-bond acceptors (Lipinski definition) is 3. The molecule has 2 atom stereocenters. The standard InChI is InChI=1S/C18H26N2S/c1-4-14-8-10-15(11-9-14)13-20(3)18(16(19)5-2)17-7-6-12-21-17/h6-12,16,18H,4-5,13,19H2,1-3H3. The highest BCUT2D eigenvalue weighted by atomic mass is 32.1. The highest BCUT2D eigenvalue weighted by Crippen LogP contribution is 2.29. The lowest BCUT2D eigenvalue weighted by molar-refractivity contribution is 0.205. The zero-order valence-electron chi connectivity index (χ0n) is 13.3. The Morgan fingerprint density at radius 1 is 1.10 bits per heavy atom. The minimum absolute atomic E-state index is 0.170. The number of likely N-dealkylation sites (N-methyl/N-ethyl adjacent to an activating group) is 1. The van der Waals surface area contributed by atoms with Crippen molar-refractivity contribution >= 4 is 11.3 Å². The summed E-state index contributed by atoms with van der Waals surface area (Å²) in [6.07, 6.45) is 2.08. The predicted molar refractivity (Wildman–Crippen MR) is 92.6 cm³/mol. The van der Waals surface area contributed by atoms with Gasteiger partial charge in [0, 0.05) is 17.5 Å². The highest BCUT2D eigenvalue weighted by Gasteiger charge is 2.23. The Bertz CT molecular complexity index is 519. The van der Waals surface area contributed by atoms with E-state index >= 15 is 0 Å². The molecule has 0 saturated carbocycles. The maximum Gasteiger partial charge on any atom is 0.0593 e. The first-order valence-corrected chi connectivity index (χ1v) is 8.60. The average Bonchev–Trinajstić information content (AvgIpc) is 3.02. The van der Waals surface area contributed by atoms with Crippen molar-refractivity contribution in [2.24, 2.45) is 5.73 Å². The van der Waals surface area contributed by atoms with Gasteiger partial charge in [-0.1, -0.05) is 44.2 Å². The van der Waals surface area contributed by atoms with E-state index in [1.54, 1.807) is 11.3 Å². The molecule has 2 N–H and O–H groups in total. The molecule has 0 amide bonds. The van der Waals surface area contributed by atoms with Crippen molar-refractivity contribution in [3.05, 3.63) is 57.8 Å². The molecule has 0 radical (unpaired) electrons. The zero-order valence-corrected chi connectivity index (χ0v) is 14.1. The van der Waals surface area contributed by atoms with E-state index in [0.29, 0.717) is 6.04 Å². The number of nitrogens with two attached hydrogens (primary N) is 1. The Morgan fingerprint density at radius 2 is 1.76 bits per heavy atom. The molecule has 0 aliphatic heterocycles. The van der Waals surface area contributed by atoms with Crippen LogP contribution in [0.4, 0.5) is 0 Å². The molecule has 3 heteroatoms. The number of benzene rings is 1. The summed E-state index contributed by atoms with van der Waals surface area (Å²) in [6, 6.07) is 13.7. The van der Waals surface area contributed by atoms with Gasteiger partial charge >= 0.3 is 0 Å². The molecule has 21 heavy (non-hydrogen) atoms. The molecule has 0 spiro atoms. The summed E-state index contributed by atoms with van der Waals surface area (Å²) in [4.78, 5) is 3.73. The van der Waals surface area contributed by atoms with E-state index in [1.807, 2.05) is 0 Å². The molecule has 1 heterocycles. The van der Waals surface area contributed by atoms with Gasteiger partial charge in [0.25, 0.3) is 0 Å². The van der Waals surface area contributed by atoms with Crippen LogP contribution in [0.15, 0.2) is 41.8 Å². The second-order valence-corrected chi connectivity index (χ2v) is 6.60. The van der Waals surface area contributed by atoms with E-state index in [2.05, 4.69) is 67.6 Å². The van der Waals surface area contributed by atoms with Gasteiger partial charge in [-0.2, -0.15) is 0 Å². The van der Waals surface area contributed by atoms with E-state index in [1.165, 1.54) is 16.0 Å². The molecule has 0 aliphatic rings. The van der Waals surface area contributed by atoms with Crippen LogP contribution >= 0.6 is 11.3 Å². The predicted octanol–water partition coefficient (Wildman–Crippen LogP) is 4.22. The number of hydrogen-bond donors (Lipinski definition) is 1. The van der Waals surface area contributed by atoms with Gasteiger partial charge in [0.1, 0.15) is 0 Å². The Hall–Kier alpha value is -1.16. The van der Waals surface area contributed by atoms with Crippen molar-refractivity contribution in [2.45, 2.75) is 45.3 Å². The molecule has 0 bridgehead atoms. The Morgan fingerprint density at radius 3 is 2.29 bits per heavy atom. The van der Waals surface area contributed by atoms with Crippen LogP contribution in [0.5, 0.6) is 0 Å². The van der Waals surface area contributed by atoms with Gasteiger partial charge in [0.2, 0.25) is 0 Å². The van der Waals surface area contributed by atoms with Crippen LogP contribution in [-0.4, -0.2) is 18.0 Å². The molecule has 2 unspecified atom stereocenters. The van der Waals surface area contributed by atoms with E-state index < -0.39 is 0 Å². The lowest BCUT2D eigenvalue weighted by Crippen LogP contribution is -2.38. The van der Waals surface area contributed by atoms with Crippen LogP contribution < -0.4 is 5.73 Å². The van der Waals surface area contributed by atoms with Crippen LogP contribution in [0.2, 0.25) is 0 Å². The monoisotopic (exact) mass is 302 g/mol. The van der Waals surface area contributed by atoms with Crippen LogP contribution in [0, 0.1) is 0 Å². The first kappa shape index (κ1) is 16.2. The summed E-state index contributed by atoms with van der Waals surface area (Å²) >= 11 is 1.80. The minimum atomic E-state index is 0.170. The summed E-state index contributed by atoms with van der Waals surface area (Å²) in [5.74, 6) is 0. The van der Waals surface area contributed by atoms with Gasteiger partial charge in [-0.15, -0.1) is 11.3 Å². The van der Waals surface area contributed by atoms with Crippen molar-refractivity contribution in [2.75, 3.05) is 7.05 Å². The highest BCUT2D eigenvalue weighted by molar-refractivity contribution is 7.10. The molecular weight excluding hydrogens is 276 g/mol. The van der Waals surface area contributed by atoms with Crippen LogP contribution in [0.1, 0.15) is 42.3 Å². The number of aryl methyl sites for hydroxylation is 1. The maximum atomic E-state index is 6.37. The average molecular weight is 302 g/mol. The van der Waals surface area contributed by atoms with E-state index in [0.717, 1.165) is 19.4 Å². The maximum absolute atomic E-state index is 6.37. The first-order valence-electron chi connectivity index (χ1n) is 7.72.